The molecular formula is C44H31N. The van der Waals surface area contributed by atoms with Crippen LogP contribution in [0.15, 0.2) is 188 Å². The van der Waals surface area contributed by atoms with E-state index in [1.165, 1.54) is 4.90 Å². The Morgan fingerprint density at radius 3 is 1.47 bits per heavy atom. The van der Waals surface area contributed by atoms with Gasteiger partial charge >= 0.3 is 0 Å². The lowest BCUT2D eigenvalue weighted by Crippen LogP contribution is -2.10. The van der Waals surface area contributed by atoms with Gasteiger partial charge in [0.2, 0.25) is 0 Å². The highest BCUT2D eigenvalue weighted by Crippen LogP contribution is 2.40. The predicted octanol–water partition coefficient (Wildman–Crippen LogP) is 12.5. The summed E-state index contributed by atoms with van der Waals surface area (Å²) < 4.78 is 116. The molecule has 0 atom stereocenters. The van der Waals surface area contributed by atoms with Crippen molar-refractivity contribution < 1.29 is 17.8 Å². The number of anilines is 3. The third-order valence-electron chi connectivity index (χ3n) is 7.68. The fraction of sp³-hybridized carbons (Fsp3) is 0. The Morgan fingerprint density at radius 2 is 0.844 bits per heavy atom. The molecule has 0 fully saturated rings. The fourth-order valence-corrected chi connectivity index (χ4v) is 5.57. The summed E-state index contributed by atoms with van der Waals surface area (Å²) in [5.74, 6) is 0. The highest BCUT2D eigenvalue weighted by Gasteiger charge is 2.15. The Hall–Kier alpha value is -5.92. The van der Waals surface area contributed by atoms with Gasteiger partial charge in [-0.1, -0.05) is 151 Å². The monoisotopic (exact) mass is 586 g/mol. The minimum atomic E-state index is -0.729. The van der Waals surface area contributed by atoms with Gasteiger partial charge in [0.05, 0.1) is 17.8 Å². The van der Waals surface area contributed by atoms with Crippen LogP contribution in [0.25, 0.3) is 54.9 Å². The van der Waals surface area contributed by atoms with Crippen LogP contribution >= 0.6 is 0 Å². The van der Waals surface area contributed by atoms with Gasteiger partial charge in [-0.25, -0.2) is 0 Å². The van der Waals surface area contributed by atoms with Crippen LogP contribution in [0.5, 0.6) is 0 Å². The molecule has 0 saturated heterocycles. The van der Waals surface area contributed by atoms with Gasteiger partial charge in [0.1, 0.15) is 0 Å². The van der Waals surface area contributed by atoms with Gasteiger partial charge in [0, 0.05) is 17.1 Å². The zero-order valence-corrected chi connectivity index (χ0v) is 23.8. The van der Waals surface area contributed by atoms with Crippen molar-refractivity contribution in [3.05, 3.63) is 188 Å². The number of hydrogen-bond donors (Lipinski definition) is 0. The van der Waals surface area contributed by atoms with E-state index in [4.69, 9.17) is 6.85 Å². The van der Waals surface area contributed by atoms with Crippen molar-refractivity contribution in [2.24, 2.45) is 0 Å². The molecule has 1 heteroatoms. The van der Waals surface area contributed by atoms with E-state index >= 15 is 0 Å². The molecule has 0 radical (unpaired) electrons. The van der Waals surface area contributed by atoms with Gasteiger partial charge in [-0.2, -0.15) is 0 Å². The lowest BCUT2D eigenvalue weighted by Gasteiger charge is -2.26. The van der Waals surface area contributed by atoms with Crippen molar-refractivity contribution in [1.29, 1.82) is 0 Å². The van der Waals surface area contributed by atoms with E-state index in [0.29, 0.717) is 16.5 Å². The minimum Gasteiger partial charge on any atom is -0.310 e. The van der Waals surface area contributed by atoms with E-state index in [0.717, 1.165) is 21.7 Å². The van der Waals surface area contributed by atoms with E-state index < -0.39 is 95.4 Å². The van der Waals surface area contributed by atoms with Crippen LogP contribution in [-0.2, 0) is 0 Å². The Morgan fingerprint density at radius 1 is 0.356 bits per heavy atom. The topological polar surface area (TPSA) is 3.24 Å². The summed E-state index contributed by atoms with van der Waals surface area (Å²) in [4.78, 5) is 1.19. The first-order chi connectivity index (χ1) is 27.7. The molecule has 0 aromatic heterocycles. The van der Waals surface area contributed by atoms with Crippen molar-refractivity contribution in [3.8, 4) is 33.4 Å². The molecule has 0 amide bonds. The average Bonchev–Trinajstić information content (AvgIpc) is 3.24. The lowest BCUT2D eigenvalue weighted by molar-refractivity contribution is 1.28. The Balaban J connectivity index is 1.45. The summed E-state index contributed by atoms with van der Waals surface area (Å²) in [5, 5.41) is 3.43. The SMILES string of the molecule is [2H]c1c([2H])c([2H])c(-c2c([2H])c([2H])c(N(c3cccc(-c4cccc5ccccc45)c3)c3c([2H])c([2H])c(-c4cccc5ccccc45)c([2H])c3[2H])c([2H])c2[2H])c([2H])c1[2H]. The van der Waals surface area contributed by atoms with E-state index in [1.807, 2.05) is 78.9 Å². The number of benzene rings is 8. The smallest absolute Gasteiger partial charge is 0.0645 e. The first-order valence-electron chi connectivity index (χ1n) is 20.9. The van der Waals surface area contributed by atoms with Crippen molar-refractivity contribution >= 4 is 38.6 Å². The van der Waals surface area contributed by atoms with E-state index in [-0.39, 0.29) is 16.9 Å². The molecule has 0 aliphatic carbocycles. The maximum Gasteiger partial charge on any atom is 0.0645 e. The lowest BCUT2D eigenvalue weighted by atomic mass is 9.97. The highest BCUT2D eigenvalue weighted by atomic mass is 15.1. The zero-order chi connectivity index (χ0) is 41.3. The molecule has 45 heavy (non-hydrogen) atoms. The van der Waals surface area contributed by atoms with Crippen LogP contribution in [0.4, 0.5) is 17.1 Å². The number of hydrogen-bond acceptors (Lipinski definition) is 1. The summed E-state index contributed by atoms with van der Waals surface area (Å²) >= 11 is 0. The molecule has 0 heterocycles. The highest BCUT2D eigenvalue weighted by molar-refractivity contribution is 5.98. The maximum atomic E-state index is 9.48. The third-order valence-corrected chi connectivity index (χ3v) is 7.68. The molecule has 0 aliphatic heterocycles. The van der Waals surface area contributed by atoms with Gasteiger partial charge < -0.3 is 4.90 Å². The summed E-state index contributed by atoms with van der Waals surface area (Å²) in [6, 6.07) is 25.0. The van der Waals surface area contributed by atoms with Crippen LogP contribution in [0.2, 0.25) is 0 Å². The molecule has 0 bridgehead atoms. The second-order valence-electron chi connectivity index (χ2n) is 10.4. The second-order valence-corrected chi connectivity index (χ2v) is 10.4. The molecular weight excluding hydrogens is 542 g/mol. The molecule has 0 unspecified atom stereocenters. The standard InChI is InChI=1S/C44H31N/c1-2-11-32(12-3-1)33-23-27-38(28-24-33)45(39-29-25-36(26-30-39)43-21-9-15-34-13-4-6-19-41(34)43)40-18-8-17-37(31-40)44-22-10-16-35-14-5-7-20-42(35)44/h1-31H/i1D,2D,3D,11D,12D,23D,24D,25D,26D,27D,28D,29D,30D. The van der Waals surface area contributed by atoms with Crippen LogP contribution < -0.4 is 4.90 Å². The van der Waals surface area contributed by atoms with Gasteiger partial charge in [-0.05, 0) is 91.2 Å². The van der Waals surface area contributed by atoms with Crippen LogP contribution in [0.1, 0.15) is 17.8 Å². The van der Waals surface area contributed by atoms with Crippen molar-refractivity contribution in [3.63, 3.8) is 0 Å². The van der Waals surface area contributed by atoms with Gasteiger partial charge in [0.15, 0.2) is 0 Å². The summed E-state index contributed by atoms with van der Waals surface area (Å²) in [7, 11) is 0. The fourth-order valence-electron chi connectivity index (χ4n) is 5.57. The number of nitrogens with zero attached hydrogens (tertiary/aromatic N) is 1. The molecule has 0 aliphatic rings. The molecule has 0 saturated carbocycles. The molecule has 8 aromatic rings. The van der Waals surface area contributed by atoms with E-state index in [9.17, 15) is 11.0 Å². The normalized spacial score (nSPS) is 15.2. The number of fused-ring (bicyclic) bond motifs is 2. The summed E-state index contributed by atoms with van der Waals surface area (Å²) in [6.07, 6.45) is 0. The van der Waals surface area contributed by atoms with Crippen molar-refractivity contribution in [1.82, 2.24) is 0 Å². The average molecular weight is 587 g/mol. The Kier molecular flexibility index (Phi) is 4.20. The van der Waals surface area contributed by atoms with Gasteiger partial charge in [-0.3, -0.25) is 0 Å². The van der Waals surface area contributed by atoms with E-state index in [2.05, 4.69) is 0 Å². The predicted molar refractivity (Wildman–Crippen MR) is 192 cm³/mol. The molecule has 212 valence electrons. The third kappa shape index (κ3) is 5.15. The van der Waals surface area contributed by atoms with Crippen LogP contribution in [0.3, 0.4) is 0 Å². The zero-order valence-electron chi connectivity index (χ0n) is 36.8. The summed E-state index contributed by atoms with van der Waals surface area (Å²) in [6.45, 7) is 0. The Bertz CT molecular complexity index is 2920. The summed E-state index contributed by atoms with van der Waals surface area (Å²) in [5.41, 5.74) is 0.392. The number of rotatable bonds is 6. The molecule has 0 N–H and O–H groups in total. The van der Waals surface area contributed by atoms with E-state index in [1.54, 1.807) is 30.3 Å². The van der Waals surface area contributed by atoms with Crippen LogP contribution in [-0.4, -0.2) is 0 Å². The van der Waals surface area contributed by atoms with Gasteiger partial charge in [0.25, 0.3) is 0 Å². The van der Waals surface area contributed by atoms with Crippen molar-refractivity contribution in [2.75, 3.05) is 4.90 Å². The molecule has 8 aromatic carbocycles. The second kappa shape index (κ2) is 11.6. The first kappa shape index (κ1) is 16.2. The molecule has 1 nitrogen and oxygen atoms in total. The minimum absolute atomic E-state index is 0.0381. The molecule has 0 spiro atoms. The Labute approximate surface area is 282 Å². The maximum absolute atomic E-state index is 9.48. The quantitative estimate of drug-likeness (QED) is 0.187. The molecule has 8 rings (SSSR count). The van der Waals surface area contributed by atoms with Crippen LogP contribution in [0, 0.1) is 0 Å². The first-order valence-corrected chi connectivity index (χ1v) is 14.4. The van der Waals surface area contributed by atoms with Gasteiger partial charge in [-0.15, -0.1) is 0 Å². The largest absolute Gasteiger partial charge is 0.310 e. The van der Waals surface area contributed by atoms with Crippen molar-refractivity contribution in [2.45, 2.75) is 0 Å².